The number of methoxy groups -OCH3 is 1. The first-order valence-corrected chi connectivity index (χ1v) is 9.99. The van der Waals surface area contributed by atoms with E-state index in [9.17, 15) is 8.42 Å². The molecule has 1 fully saturated rings. The zero-order chi connectivity index (χ0) is 17.4. The molecule has 6 heteroatoms. The van der Waals surface area contributed by atoms with Crippen molar-refractivity contribution in [3.63, 3.8) is 0 Å². The third-order valence-electron chi connectivity index (χ3n) is 4.61. The van der Waals surface area contributed by atoms with Gasteiger partial charge in [0.15, 0.2) is 0 Å². The number of ether oxygens (including phenoxy) is 1. The molecule has 0 amide bonds. The predicted octanol–water partition coefficient (Wildman–Crippen LogP) is 3.29. The lowest BCUT2D eigenvalue weighted by atomic mass is 9.84. The van der Waals surface area contributed by atoms with Crippen LogP contribution in [0.25, 0.3) is 0 Å². The molecule has 0 N–H and O–H groups in total. The van der Waals surface area contributed by atoms with E-state index in [1.54, 1.807) is 12.1 Å². The molecular weight excluding hydrogens is 324 g/mol. The summed E-state index contributed by atoms with van der Waals surface area (Å²) in [5, 5.41) is 8.75. The van der Waals surface area contributed by atoms with Gasteiger partial charge in [0.05, 0.1) is 17.6 Å². The van der Waals surface area contributed by atoms with Gasteiger partial charge in [-0.25, -0.2) is 8.42 Å². The molecular formula is C18H26N2O3S. The summed E-state index contributed by atoms with van der Waals surface area (Å²) in [6, 6.07) is 9.30. The molecule has 0 aliphatic heterocycles. The molecule has 1 saturated carbocycles. The second-order valence-electron chi connectivity index (χ2n) is 6.21. The highest BCUT2D eigenvalue weighted by molar-refractivity contribution is 7.89. The van der Waals surface area contributed by atoms with Crippen molar-refractivity contribution in [2.75, 3.05) is 26.8 Å². The maximum absolute atomic E-state index is 12.8. The molecule has 0 atom stereocenters. The lowest BCUT2D eigenvalue weighted by molar-refractivity contribution is 0.179. The molecule has 0 spiro atoms. The minimum Gasteiger partial charge on any atom is -0.383 e. The van der Waals surface area contributed by atoms with Crippen LogP contribution in [-0.4, -0.2) is 39.5 Å². The van der Waals surface area contributed by atoms with Crippen molar-refractivity contribution in [2.24, 2.45) is 0 Å². The fourth-order valence-corrected chi connectivity index (χ4v) is 4.64. The topological polar surface area (TPSA) is 70.4 Å². The van der Waals surface area contributed by atoms with E-state index in [1.807, 2.05) is 18.2 Å². The highest BCUT2D eigenvalue weighted by Gasteiger charge is 2.24. The van der Waals surface area contributed by atoms with Gasteiger partial charge in [0, 0.05) is 26.6 Å². The summed E-state index contributed by atoms with van der Waals surface area (Å²) in [6.45, 7) is 0.752. The van der Waals surface area contributed by atoms with Crippen LogP contribution in [-0.2, 0) is 14.8 Å². The number of hydrogen-bond donors (Lipinski definition) is 0. The summed E-state index contributed by atoms with van der Waals surface area (Å²) in [5.74, 6) is 0.554. The van der Waals surface area contributed by atoms with E-state index in [0.29, 0.717) is 12.5 Å². The minimum atomic E-state index is -3.59. The van der Waals surface area contributed by atoms with Crippen molar-refractivity contribution < 1.29 is 13.2 Å². The molecule has 0 unspecified atom stereocenters. The van der Waals surface area contributed by atoms with E-state index in [0.717, 1.165) is 0 Å². The molecule has 1 aliphatic rings. The Morgan fingerprint density at radius 1 is 1.17 bits per heavy atom. The second kappa shape index (κ2) is 9.16. The van der Waals surface area contributed by atoms with Gasteiger partial charge in [0.25, 0.3) is 0 Å². The van der Waals surface area contributed by atoms with Crippen LogP contribution < -0.4 is 0 Å². The smallest absolute Gasteiger partial charge is 0.243 e. The van der Waals surface area contributed by atoms with Crippen LogP contribution in [0.5, 0.6) is 0 Å². The zero-order valence-electron chi connectivity index (χ0n) is 14.3. The Bertz CT molecular complexity index is 644. The van der Waals surface area contributed by atoms with E-state index in [1.165, 1.54) is 49.1 Å². The minimum absolute atomic E-state index is 0.170. The Hall–Kier alpha value is -1.42. The number of hydrogen-bond acceptors (Lipinski definition) is 4. The average molecular weight is 350 g/mol. The van der Waals surface area contributed by atoms with Crippen LogP contribution in [0.2, 0.25) is 0 Å². The SMILES string of the molecule is COCCN(CCC#N)S(=O)(=O)c1ccc(C2CCCCC2)cc1. The van der Waals surface area contributed by atoms with E-state index < -0.39 is 10.0 Å². The maximum atomic E-state index is 12.8. The molecule has 0 saturated heterocycles. The van der Waals surface area contributed by atoms with Crippen LogP contribution >= 0.6 is 0 Å². The fraction of sp³-hybridized carbons (Fsp3) is 0.611. The first kappa shape index (κ1) is 18.9. The van der Waals surface area contributed by atoms with Gasteiger partial charge in [0.1, 0.15) is 0 Å². The third kappa shape index (κ3) is 4.79. The number of rotatable bonds is 8. The summed E-state index contributed by atoms with van der Waals surface area (Å²) in [7, 11) is -2.06. The van der Waals surface area contributed by atoms with E-state index in [2.05, 4.69) is 0 Å². The average Bonchev–Trinajstić information content (AvgIpc) is 2.62. The monoisotopic (exact) mass is 350 g/mol. The summed E-state index contributed by atoms with van der Waals surface area (Å²) >= 11 is 0. The molecule has 0 aromatic heterocycles. The van der Waals surface area contributed by atoms with Crippen molar-refractivity contribution in [3.05, 3.63) is 29.8 Å². The standard InChI is InChI=1S/C18H26N2O3S/c1-23-15-14-20(13-5-12-19)24(21,22)18-10-8-17(9-11-18)16-6-3-2-4-7-16/h8-11,16H,2-7,13-15H2,1H3. The van der Waals surface area contributed by atoms with Gasteiger partial charge in [-0.1, -0.05) is 31.4 Å². The normalized spacial score (nSPS) is 16.2. The number of nitrogens with zero attached hydrogens (tertiary/aromatic N) is 2. The Labute approximate surface area is 145 Å². The van der Waals surface area contributed by atoms with Crippen LogP contribution in [0.4, 0.5) is 0 Å². The van der Waals surface area contributed by atoms with Gasteiger partial charge in [-0.3, -0.25) is 0 Å². The zero-order valence-corrected chi connectivity index (χ0v) is 15.1. The molecule has 1 aromatic rings. The fourth-order valence-electron chi connectivity index (χ4n) is 3.22. The lowest BCUT2D eigenvalue weighted by Gasteiger charge is -2.23. The third-order valence-corrected chi connectivity index (χ3v) is 6.53. The maximum Gasteiger partial charge on any atom is 0.243 e. The number of nitriles is 1. The van der Waals surface area contributed by atoms with Crippen LogP contribution in [0.1, 0.15) is 50.0 Å². The van der Waals surface area contributed by atoms with Crippen LogP contribution in [0, 0.1) is 11.3 Å². The highest BCUT2D eigenvalue weighted by atomic mass is 32.2. The molecule has 24 heavy (non-hydrogen) atoms. The lowest BCUT2D eigenvalue weighted by Crippen LogP contribution is -2.34. The van der Waals surface area contributed by atoms with E-state index >= 15 is 0 Å². The van der Waals surface area contributed by atoms with Gasteiger partial charge in [-0.2, -0.15) is 9.57 Å². The van der Waals surface area contributed by atoms with Crippen LogP contribution in [0.15, 0.2) is 29.2 Å². The Morgan fingerprint density at radius 3 is 2.42 bits per heavy atom. The molecule has 0 radical (unpaired) electrons. The molecule has 2 rings (SSSR count). The van der Waals surface area contributed by atoms with Crippen molar-refractivity contribution in [1.82, 2.24) is 4.31 Å². The molecule has 132 valence electrons. The summed E-state index contributed by atoms with van der Waals surface area (Å²) in [6.07, 6.45) is 6.36. The van der Waals surface area contributed by atoms with Crippen molar-refractivity contribution in [2.45, 2.75) is 49.3 Å². The quantitative estimate of drug-likeness (QED) is 0.721. The predicted molar refractivity (Wildman–Crippen MR) is 93.1 cm³/mol. The molecule has 0 bridgehead atoms. The first-order valence-electron chi connectivity index (χ1n) is 8.55. The molecule has 1 aliphatic carbocycles. The summed E-state index contributed by atoms with van der Waals surface area (Å²) in [4.78, 5) is 0.288. The van der Waals surface area contributed by atoms with Gasteiger partial charge >= 0.3 is 0 Å². The highest BCUT2D eigenvalue weighted by Crippen LogP contribution is 2.33. The van der Waals surface area contributed by atoms with Gasteiger partial charge in [0.2, 0.25) is 10.0 Å². The van der Waals surface area contributed by atoms with Crippen molar-refractivity contribution in [3.8, 4) is 6.07 Å². The van der Waals surface area contributed by atoms with Crippen LogP contribution in [0.3, 0.4) is 0 Å². The van der Waals surface area contributed by atoms with Gasteiger partial charge in [-0.05, 0) is 36.5 Å². The largest absolute Gasteiger partial charge is 0.383 e. The van der Waals surface area contributed by atoms with E-state index in [4.69, 9.17) is 10.00 Å². The van der Waals surface area contributed by atoms with Gasteiger partial charge < -0.3 is 4.74 Å². The Balaban J connectivity index is 2.15. The Morgan fingerprint density at radius 2 is 1.83 bits per heavy atom. The first-order chi connectivity index (χ1) is 11.6. The van der Waals surface area contributed by atoms with E-state index in [-0.39, 0.29) is 24.4 Å². The number of benzene rings is 1. The molecule has 5 nitrogen and oxygen atoms in total. The molecule has 0 heterocycles. The molecule has 1 aromatic carbocycles. The van der Waals surface area contributed by atoms with Crippen molar-refractivity contribution >= 4 is 10.0 Å². The van der Waals surface area contributed by atoms with Gasteiger partial charge in [-0.15, -0.1) is 0 Å². The summed E-state index contributed by atoms with van der Waals surface area (Å²) in [5.41, 5.74) is 1.23. The second-order valence-corrected chi connectivity index (χ2v) is 8.15. The van der Waals surface area contributed by atoms with Crippen molar-refractivity contribution in [1.29, 1.82) is 5.26 Å². The number of sulfonamides is 1. The Kier molecular flexibility index (Phi) is 7.22. The summed E-state index contributed by atoms with van der Waals surface area (Å²) < 4.78 is 31.9.